The third-order valence-corrected chi connectivity index (χ3v) is 4.38. The van der Waals surface area contributed by atoms with Gasteiger partial charge in [-0.2, -0.15) is 0 Å². The van der Waals surface area contributed by atoms with E-state index in [1.54, 1.807) is 10.1 Å². The van der Waals surface area contributed by atoms with E-state index in [2.05, 4.69) is 21.9 Å². The minimum absolute atomic E-state index is 1.19. The van der Waals surface area contributed by atoms with Crippen molar-refractivity contribution >= 4 is 33.2 Å². The van der Waals surface area contributed by atoms with Crippen LogP contribution in [0.4, 0.5) is 0 Å². The summed E-state index contributed by atoms with van der Waals surface area (Å²) in [4.78, 5) is 0. The van der Waals surface area contributed by atoms with Gasteiger partial charge in [0.05, 0.1) is 0 Å². The van der Waals surface area contributed by atoms with Crippen molar-refractivity contribution in [2.24, 2.45) is 0 Å². The molecule has 0 spiro atoms. The first-order chi connectivity index (χ1) is 6.25. The Morgan fingerprint density at radius 3 is 0.857 bits per heavy atom. The molecule has 14 heavy (non-hydrogen) atoms. The fourth-order valence-corrected chi connectivity index (χ4v) is 4.38. The summed E-state index contributed by atoms with van der Waals surface area (Å²) < 4.78 is 10.5. The Bertz CT molecular complexity index is 95.9. The molecule has 4 nitrogen and oxygen atoms in total. The molecule has 0 heterocycles. The van der Waals surface area contributed by atoms with E-state index in [4.69, 9.17) is 7.26 Å². The molecule has 0 radical (unpaired) electrons. The molecule has 0 aromatic rings. The number of hydrogen-bond donors (Lipinski definition) is 0. The van der Waals surface area contributed by atoms with Gasteiger partial charge in [0.1, 0.15) is 0 Å². The van der Waals surface area contributed by atoms with E-state index in [0.717, 1.165) is 0 Å². The van der Waals surface area contributed by atoms with Gasteiger partial charge in [-0.15, -0.1) is 0 Å². The summed E-state index contributed by atoms with van der Waals surface area (Å²) in [5, 5.41) is 3.56. The molecule has 0 saturated heterocycles. The molecule has 0 rings (SSSR count). The molecule has 0 aromatic carbocycles. The van der Waals surface area contributed by atoms with Crippen LogP contribution in [0.2, 0.25) is 21.9 Å². The van der Waals surface area contributed by atoms with Gasteiger partial charge in [-0.1, -0.05) is 0 Å². The summed E-state index contributed by atoms with van der Waals surface area (Å²) >= 11 is -2.38. The second-order valence-electron chi connectivity index (χ2n) is 3.93. The average Bonchev–Trinajstić information content (AvgIpc) is 1.79. The van der Waals surface area contributed by atoms with Gasteiger partial charge in [0.15, 0.2) is 0 Å². The van der Waals surface area contributed by atoms with Crippen molar-refractivity contribution in [1.82, 2.24) is 10.1 Å². The first-order valence-corrected chi connectivity index (χ1v) is 16.6. The van der Waals surface area contributed by atoms with E-state index in [0.29, 0.717) is 0 Å². The summed E-state index contributed by atoms with van der Waals surface area (Å²) in [5.74, 6) is 0. The number of nitrogens with zero attached hydrogens (tertiary/aromatic N) is 2. The summed E-state index contributed by atoms with van der Waals surface area (Å²) in [6.45, 7) is 0. The normalized spacial score (nSPS) is 9.86. The Kier molecular flexibility index (Phi) is 13.3. The molecule has 84 valence electrons. The van der Waals surface area contributed by atoms with Gasteiger partial charge in [-0.25, -0.2) is 0 Å². The summed E-state index contributed by atoms with van der Waals surface area (Å²) in [7, 11) is 7.69. The molecule has 0 atom stereocenters. The Morgan fingerprint density at radius 2 is 0.857 bits per heavy atom. The Morgan fingerprint density at radius 1 is 0.643 bits per heavy atom. The molecule has 0 saturated carbocycles. The molecular formula is C8H24Ga2N2O2. The van der Waals surface area contributed by atoms with E-state index in [-0.39, 0.29) is 0 Å². The first-order valence-electron chi connectivity index (χ1n) is 4.93. The summed E-state index contributed by atoms with van der Waals surface area (Å²) in [6.07, 6.45) is 0. The van der Waals surface area contributed by atoms with Crippen molar-refractivity contribution in [3.8, 4) is 0 Å². The SMILES string of the molecule is CN(C)[O][Ga]([CH3])[CH3].CN(C)[O][Ga]([CH3])[CH3]. The van der Waals surface area contributed by atoms with Crippen molar-refractivity contribution < 1.29 is 7.26 Å². The molecule has 0 fully saturated rings. The maximum absolute atomic E-state index is 5.27. The molecule has 0 unspecified atom stereocenters. The third kappa shape index (κ3) is 23.2. The van der Waals surface area contributed by atoms with Crippen molar-refractivity contribution in [3.63, 3.8) is 0 Å². The molecule has 0 bridgehead atoms. The van der Waals surface area contributed by atoms with Crippen LogP contribution >= 0.6 is 0 Å². The van der Waals surface area contributed by atoms with Gasteiger partial charge < -0.3 is 0 Å². The Balaban J connectivity index is 0. The van der Waals surface area contributed by atoms with E-state index < -0.39 is 33.2 Å². The van der Waals surface area contributed by atoms with Gasteiger partial charge >= 0.3 is 101 Å². The molecule has 0 aliphatic heterocycles. The molecule has 0 aliphatic rings. The van der Waals surface area contributed by atoms with Gasteiger partial charge in [0, 0.05) is 0 Å². The second-order valence-corrected chi connectivity index (χ2v) is 13.6. The van der Waals surface area contributed by atoms with E-state index >= 15 is 0 Å². The van der Waals surface area contributed by atoms with Crippen LogP contribution < -0.4 is 0 Å². The van der Waals surface area contributed by atoms with E-state index in [1.807, 2.05) is 28.2 Å². The molecule has 0 N–H and O–H groups in total. The maximum atomic E-state index is 5.27. The van der Waals surface area contributed by atoms with Gasteiger partial charge in [-0.3, -0.25) is 0 Å². The Hall–Kier alpha value is 1.11. The predicted octanol–water partition coefficient (Wildman–Crippen LogP) is 1.46. The standard InChI is InChI=1S/2C2H6NO.4CH3.2Ga/c2*1-3(2)4;;;;;;/h2*1-2H3;4*1H3;;/q2*-1;;;;;2*+1. The number of rotatable bonds is 4. The summed E-state index contributed by atoms with van der Waals surface area (Å²) in [5.41, 5.74) is 8.75. The third-order valence-electron chi connectivity index (χ3n) is 0.843. The van der Waals surface area contributed by atoms with E-state index in [1.165, 1.54) is 0 Å². The van der Waals surface area contributed by atoms with Crippen molar-refractivity contribution in [2.45, 2.75) is 21.9 Å². The first kappa shape index (κ1) is 17.5. The molecule has 0 amide bonds. The predicted molar refractivity (Wildman–Crippen MR) is 64.5 cm³/mol. The average molecular weight is 320 g/mol. The zero-order chi connectivity index (χ0) is 11.7. The molecular weight excluding hydrogens is 296 g/mol. The zero-order valence-electron chi connectivity index (χ0n) is 10.9. The van der Waals surface area contributed by atoms with Crippen LogP contribution in [0.5, 0.6) is 0 Å². The molecule has 0 aliphatic carbocycles. The fraction of sp³-hybridized carbons (Fsp3) is 1.00. The van der Waals surface area contributed by atoms with Crippen LogP contribution in [0.1, 0.15) is 0 Å². The topological polar surface area (TPSA) is 24.9 Å². The van der Waals surface area contributed by atoms with Crippen LogP contribution in [-0.4, -0.2) is 71.5 Å². The van der Waals surface area contributed by atoms with Crippen LogP contribution in [0.25, 0.3) is 0 Å². The van der Waals surface area contributed by atoms with Crippen molar-refractivity contribution in [1.29, 1.82) is 0 Å². The van der Waals surface area contributed by atoms with Crippen LogP contribution in [0.15, 0.2) is 0 Å². The Labute approximate surface area is 100 Å². The minimum atomic E-state index is -1.19. The quantitative estimate of drug-likeness (QED) is 0.578. The van der Waals surface area contributed by atoms with Gasteiger partial charge in [0.2, 0.25) is 0 Å². The monoisotopic (exact) mass is 318 g/mol. The summed E-state index contributed by atoms with van der Waals surface area (Å²) in [6, 6.07) is 0. The van der Waals surface area contributed by atoms with Gasteiger partial charge in [0.25, 0.3) is 0 Å². The van der Waals surface area contributed by atoms with Crippen molar-refractivity contribution in [3.05, 3.63) is 0 Å². The van der Waals surface area contributed by atoms with E-state index in [9.17, 15) is 0 Å². The number of hydroxylamine groups is 4. The van der Waals surface area contributed by atoms with Crippen LogP contribution in [0.3, 0.4) is 0 Å². The fourth-order valence-electron chi connectivity index (χ4n) is 0.843. The van der Waals surface area contributed by atoms with Crippen LogP contribution in [0, 0.1) is 0 Å². The van der Waals surface area contributed by atoms with Crippen molar-refractivity contribution in [2.75, 3.05) is 28.2 Å². The van der Waals surface area contributed by atoms with Crippen LogP contribution in [-0.2, 0) is 7.26 Å². The zero-order valence-corrected chi connectivity index (χ0v) is 15.7. The number of hydrogen-bond acceptors (Lipinski definition) is 4. The second kappa shape index (κ2) is 10.6. The molecule has 0 aromatic heterocycles. The molecule has 6 heteroatoms. The van der Waals surface area contributed by atoms with Gasteiger partial charge in [-0.05, 0) is 0 Å².